The molecule has 1 heterocycles. The second-order valence-electron chi connectivity index (χ2n) is 3.37. The van der Waals surface area contributed by atoms with Crippen molar-refractivity contribution in [3.05, 3.63) is 24.0 Å². The Labute approximate surface area is 96.9 Å². The van der Waals surface area contributed by atoms with Crippen LogP contribution in [0, 0.1) is 5.82 Å². The van der Waals surface area contributed by atoms with Crippen molar-refractivity contribution in [2.45, 2.75) is 0 Å². The summed E-state index contributed by atoms with van der Waals surface area (Å²) in [6.45, 7) is 2.11. The van der Waals surface area contributed by atoms with Gasteiger partial charge in [0.05, 0.1) is 0 Å². The summed E-state index contributed by atoms with van der Waals surface area (Å²) in [6, 6.07) is 4.58. The molecule has 2 N–H and O–H groups in total. The average Bonchev–Trinajstić information content (AvgIpc) is 2.59. The molecule has 0 atom stereocenters. The molecule has 0 fully saturated rings. The number of halogens is 1. The molecule has 3 nitrogen and oxygen atoms in total. The summed E-state index contributed by atoms with van der Waals surface area (Å²) >= 11 is 1.37. The Balaban J connectivity index is 2.23. The molecular formula is C10H10BFN2OS. The molecule has 0 bridgehead atoms. The van der Waals surface area contributed by atoms with E-state index in [0.29, 0.717) is 0 Å². The molecule has 0 radical (unpaired) electrons. The van der Waals surface area contributed by atoms with Crippen LogP contribution in [0.1, 0.15) is 0 Å². The minimum atomic E-state index is -0.262. The summed E-state index contributed by atoms with van der Waals surface area (Å²) < 4.78 is 13.8. The van der Waals surface area contributed by atoms with Gasteiger partial charge in [0.1, 0.15) is 0 Å². The van der Waals surface area contributed by atoms with Gasteiger partial charge >= 0.3 is 96.5 Å². The van der Waals surface area contributed by atoms with Gasteiger partial charge in [-0.15, -0.1) is 0 Å². The molecule has 0 unspecified atom stereocenters. The maximum absolute atomic E-state index is 12.9. The van der Waals surface area contributed by atoms with Crippen molar-refractivity contribution in [3.8, 4) is 0 Å². The van der Waals surface area contributed by atoms with Gasteiger partial charge in [0.15, 0.2) is 0 Å². The van der Waals surface area contributed by atoms with Crippen molar-refractivity contribution < 1.29 is 9.18 Å². The summed E-state index contributed by atoms with van der Waals surface area (Å²) in [5.41, 5.74) is 0. The molecule has 82 valence electrons. The Bertz CT molecular complexity index is 529. The number of amides is 1. The second-order valence-corrected chi connectivity index (χ2v) is 4.46. The molecule has 1 aromatic carbocycles. The molecule has 0 saturated carbocycles. The van der Waals surface area contributed by atoms with Crippen LogP contribution in [0.25, 0.3) is 9.98 Å². The van der Waals surface area contributed by atoms with Gasteiger partial charge in [-0.1, -0.05) is 0 Å². The molecule has 1 amide bonds. The Hall–Kier alpha value is -1.27. The van der Waals surface area contributed by atoms with Crippen LogP contribution in [0.4, 0.5) is 9.29 Å². The summed E-state index contributed by atoms with van der Waals surface area (Å²) in [6.07, 6.45) is 0. The molecule has 0 aliphatic rings. The van der Waals surface area contributed by atoms with Gasteiger partial charge in [-0.25, -0.2) is 0 Å². The number of anilines is 1. The van der Waals surface area contributed by atoms with Gasteiger partial charge in [0.25, 0.3) is 0 Å². The van der Waals surface area contributed by atoms with E-state index >= 15 is 0 Å². The Morgan fingerprint density at radius 1 is 1.56 bits per heavy atom. The van der Waals surface area contributed by atoms with E-state index in [4.69, 9.17) is 0 Å². The third kappa shape index (κ3) is 2.45. The topological polar surface area (TPSA) is 41.1 Å². The summed E-state index contributed by atoms with van der Waals surface area (Å²) in [5.74, 6) is -0.364. The number of fused-ring (bicyclic) bond motifs is 1. The molecule has 0 aliphatic heterocycles. The number of benzene rings is 1. The van der Waals surface area contributed by atoms with Crippen LogP contribution in [0.3, 0.4) is 0 Å². The van der Waals surface area contributed by atoms with Crippen LogP contribution in [-0.4, -0.2) is 26.4 Å². The van der Waals surface area contributed by atoms with E-state index in [1.165, 1.54) is 23.5 Å². The fourth-order valence-corrected chi connectivity index (χ4v) is 2.41. The number of likely N-dealkylation sites (N-methyl/N-ethyl adjacent to an activating group) is 1. The van der Waals surface area contributed by atoms with Crippen LogP contribution in [0.2, 0.25) is 0 Å². The fourth-order valence-electron chi connectivity index (χ4n) is 1.41. The average molecular weight is 236 g/mol. The van der Waals surface area contributed by atoms with Crippen LogP contribution in [-0.2, 0) is 4.79 Å². The van der Waals surface area contributed by atoms with E-state index in [0.717, 1.165) is 14.9 Å². The Morgan fingerprint density at radius 2 is 2.38 bits per heavy atom. The molecule has 16 heavy (non-hydrogen) atoms. The molecular weight excluding hydrogens is 226 g/mol. The quantitative estimate of drug-likeness (QED) is 0.848. The van der Waals surface area contributed by atoms with E-state index in [1.807, 2.05) is 6.91 Å². The van der Waals surface area contributed by atoms with Crippen LogP contribution in [0.15, 0.2) is 18.2 Å². The van der Waals surface area contributed by atoms with Crippen molar-refractivity contribution >= 4 is 39.0 Å². The predicted octanol–water partition coefficient (Wildman–Crippen LogP) is 1.54. The minimum absolute atomic E-state index is 0.102. The van der Waals surface area contributed by atoms with Gasteiger partial charge in [0.2, 0.25) is 0 Å². The van der Waals surface area contributed by atoms with Gasteiger partial charge in [-0.3, -0.25) is 0 Å². The summed E-state index contributed by atoms with van der Waals surface area (Å²) in [7, 11) is 1.71. The van der Waals surface area contributed by atoms with E-state index in [2.05, 4.69) is 10.6 Å². The molecule has 0 aliphatic carbocycles. The maximum atomic E-state index is 12.9. The third-order valence-corrected chi connectivity index (χ3v) is 3.10. The van der Waals surface area contributed by atoms with Crippen molar-refractivity contribution in [3.63, 3.8) is 0 Å². The fraction of sp³-hybridized carbons (Fsp3) is 0.200. The molecule has 6 heteroatoms. The van der Waals surface area contributed by atoms with Gasteiger partial charge in [-0.05, 0) is 0 Å². The first kappa shape index (κ1) is 11.2. The number of carbonyl (C=O) groups excluding carboxylic acids is 1. The van der Waals surface area contributed by atoms with Crippen LogP contribution < -0.4 is 10.6 Å². The zero-order valence-corrected chi connectivity index (χ0v) is 9.53. The standard InChI is InChI=1S/C10H10BFN2OS/c1-13-5-9(15)14-10-11-7-3-2-6(12)4-8(7)16-10/h2-4,13H,5H2,1H3,(H,14,15). The zero-order chi connectivity index (χ0) is 11.5. The first-order valence-electron chi connectivity index (χ1n) is 4.82. The Morgan fingerprint density at radius 3 is 3.12 bits per heavy atom. The van der Waals surface area contributed by atoms with Crippen molar-refractivity contribution in [1.82, 2.24) is 5.32 Å². The number of rotatable bonds is 3. The molecule has 2 aromatic rings. The van der Waals surface area contributed by atoms with Crippen molar-refractivity contribution in [2.75, 3.05) is 18.9 Å². The molecule has 0 spiro atoms. The first-order chi connectivity index (χ1) is 7.69. The first-order valence-corrected chi connectivity index (χ1v) is 5.64. The second kappa shape index (κ2) is 4.72. The summed E-state index contributed by atoms with van der Waals surface area (Å²) in [5, 5.41) is 6.45. The normalized spacial score (nSPS) is 10.4. The molecule has 0 saturated heterocycles. The van der Waals surface area contributed by atoms with Crippen molar-refractivity contribution in [2.24, 2.45) is 0 Å². The van der Waals surface area contributed by atoms with Gasteiger partial charge < -0.3 is 0 Å². The monoisotopic (exact) mass is 236 g/mol. The Kier molecular flexibility index (Phi) is 3.31. The van der Waals surface area contributed by atoms with Gasteiger partial charge in [0, 0.05) is 0 Å². The molecule has 2 rings (SSSR count). The van der Waals surface area contributed by atoms with Crippen LogP contribution in [0.5, 0.6) is 0 Å². The zero-order valence-electron chi connectivity index (χ0n) is 8.71. The predicted molar refractivity (Wildman–Crippen MR) is 65.7 cm³/mol. The third-order valence-electron chi connectivity index (χ3n) is 2.08. The van der Waals surface area contributed by atoms with E-state index in [1.54, 1.807) is 13.1 Å². The van der Waals surface area contributed by atoms with E-state index < -0.39 is 0 Å². The SMILES string of the molecule is CNCC(=O)Nc1bc2ccc(F)cc2s1. The molecule has 1 aromatic heterocycles. The van der Waals surface area contributed by atoms with Crippen molar-refractivity contribution in [1.29, 1.82) is 0 Å². The number of nitrogens with one attached hydrogen (secondary N) is 2. The number of carbonyl (C=O) groups is 1. The van der Waals surface area contributed by atoms with Crippen LogP contribution >= 0.6 is 11.3 Å². The van der Waals surface area contributed by atoms with E-state index in [9.17, 15) is 9.18 Å². The summed E-state index contributed by atoms with van der Waals surface area (Å²) in [4.78, 5) is 12.1. The number of hydrogen-bond donors (Lipinski definition) is 2. The number of hydrogen-bond acceptors (Lipinski definition) is 3. The van der Waals surface area contributed by atoms with Gasteiger partial charge in [-0.2, -0.15) is 0 Å². The van der Waals surface area contributed by atoms with E-state index in [-0.39, 0.29) is 18.3 Å².